The number of rotatable bonds is 4. The van der Waals surface area contributed by atoms with Crippen LogP contribution in [0.2, 0.25) is 5.02 Å². The molecule has 0 aliphatic carbocycles. The topological polar surface area (TPSA) is 40.6 Å². The Morgan fingerprint density at radius 3 is 1.70 bits per heavy atom. The number of nitrogens with zero attached hydrogens (tertiary/aromatic N) is 2. The maximum atomic E-state index is 10.4. The van der Waals surface area contributed by atoms with Crippen LogP contribution in [0.25, 0.3) is 0 Å². The highest BCUT2D eigenvalue weighted by Gasteiger charge is 2.01. The third-order valence-corrected chi connectivity index (χ3v) is 3.50. The molecule has 4 nitrogen and oxygen atoms in total. The van der Waals surface area contributed by atoms with Crippen LogP contribution in [0, 0.1) is 0 Å². The molecule has 2 rings (SSSR count). The van der Waals surface area contributed by atoms with Crippen LogP contribution in [0.5, 0.6) is 0 Å². The van der Waals surface area contributed by atoms with Crippen molar-refractivity contribution < 1.29 is 9.59 Å². The van der Waals surface area contributed by atoms with E-state index >= 15 is 0 Å². The van der Waals surface area contributed by atoms with Gasteiger partial charge < -0.3 is 9.80 Å². The third-order valence-electron chi connectivity index (χ3n) is 3.17. The molecule has 2 aromatic carbocycles. The van der Waals surface area contributed by atoms with Crippen molar-refractivity contribution in [3.63, 3.8) is 0 Å². The maximum absolute atomic E-state index is 10.4. The minimum absolute atomic E-state index is 0.496. The molecule has 0 radical (unpaired) electrons. The van der Waals surface area contributed by atoms with Gasteiger partial charge in [0.1, 0.15) is 6.29 Å². The Morgan fingerprint density at radius 1 is 0.783 bits per heavy atom. The molecule has 0 spiro atoms. The quantitative estimate of drug-likeness (QED) is 0.799. The summed E-state index contributed by atoms with van der Waals surface area (Å²) in [7, 11) is 7.78. The molecule has 0 aromatic heterocycles. The number of anilines is 2. The molecule has 0 aliphatic heterocycles. The second-order valence-corrected chi connectivity index (χ2v) is 5.73. The molecule has 0 amide bonds. The zero-order chi connectivity index (χ0) is 17.4. The fourth-order valence-corrected chi connectivity index (χ4v) is 1.96. The van der Waals surface area contributed by atoms with Gasteiger partial charge in [-0.2, -0.15) is 0 Å². The summed E-state index contributed by atoms with van der Waals surface area (Å²) in [6, 6.07) is 12.8. The van der Waals surface area contributed by atoms with Gasteiger partial charge >= 0.3 is 0 Å². The first kappa shape index (κ1) is 18.7. The van der Waals surface area contributed by atoms with E-state index < -0.39 is 0 Å². The Bertz CT molecular complexity index is 653. The predicted octanol–water partition coefficient (Wildman–Crippen LogP) is 3.78. The van der Waals surface area contributed by atoms with E-state index in [1.54, 1.807) is 12.1 Å². The van der Waals surface area contributed by atoms with E-state index in [-0.39, 0.29) is 0 Å². The molecule has 0 unspecified atom stereocenters. The lowest BCUT2D eigenvalue weighted by Gasteiger charge is -2.12. The summed E-state index contributed by atoms with van der Waals surface area (Å²) in [5.41, 5.74) is 3.35. The summed E-state index contributed by atoms with van der Waals surface area (Å²) < 4.78 is 0. The fraction of sp³-hybridized carbons (Fsp3) is 0.222. The van der Waals surface area contributed by atoms with E-state index in [1.807, 2.05) is 68.3 Å². The second kappa shape index (κ2) is 8.96. The standard InChI is InChI=1S/C9H10ClNO.C9H11NO/c1-11(2)8-4-3-7(6-12)9(10)5-8;1-10(2)9-5-3-8(7-11)4-6-9/h3-6H,1-2H3;3-7H,1-2H3. The van der Waals surface area contributed by atoms with E-state index in [4.69, 9.17) is 11.6 Å². The van der Waals surface area contributed by atoms with Crippen LogP contribution >= 0.6 is 11.6 Å². The molecule has 23 heavy (non-hydrogen) atoms. The van der Waals surface area contributed by atoms with Crippen molar-refractivity contribution in [3.05, 3.63) is 58.6 Å². The number of carbonyl (C=O) groups is 2. The van der Waals surface area contributed by atoms with Gasteiger partial charge in [0.15, 0.2) is 6.29 Å². The number of carbonyl (C=O) groups excluding carboxylic acids is 2. The molecule has 0 aliphatic rings. The summed E-state index contributed by atoms with van der Waals surface area (Å²) in [6.07, 6.45) is 1.60. The lowest BCUT2D eigenvalue weighted by molar-refractivity contribution is 0.111. The smallest absolute Gasteiger partial charge is 0.151 e. The summed E-state index contributed by atoms with van der Waals surface area (Å²) in [6.45, 7) is 0. The lowest BCUT2D eigenvalue weighted by Crippen LogP contribution is -2.08. The number of aldehydes is 2. The van der Waals surface area contributed by atoms with Gasteiger partial charge in [-0.05, 0) is 42.5 Å². The van der Waals surface area contributed by atoms with Crippen LogP contribution in [0.4, 0.5) is 11.4 Å². The van der Waals surface area contributed by atoms with Crippen LogP contribution in [0.3, 0.4) is 0 Å². The highest BCUT2D eigenvalue weighted by atomic mass is 35.5. The third kappa shape index (κ3) is 5.75. The Labute approximate surface area is 142 Å². The molecule has 5 heteroatoms. The molecule has 0 fully saturated rings. The van der Waals surface area contributed by atoms with Crippen LogP contribution in [-0.4, -0.2) is 40.8 Å². The van der Waals surface area contributed by atoms with Crippen molar-refractivity contribution in [2.75, 3.05) is 38.0 Å². The van der Waals surface area contributed by atoms with Gasteiger partial charge in [-0.25, -0.2) is 0 Å². The van der Waals surface area contributed by atoms with Crippen LogP contribution < -0.4 is 9.80 Å². The van der Waals surface area contributed by atoms with Gasteiger partial charge in [-0.3, -0.25) is 9.59 Å². The first-order valence-corrected chi connectivity index (χ1v) is 7.41. The first-order valence-electron chi connectivity index (χ1n) is 7.03. The Balaban J connectivity index is 0.000000231. The molecule has 0 saturated carbocycles. The van der Waals surface area contributed by atoms with Gasteiger partial charge in [-0.1, -0.05) is 11.6 Å². The molecular weight excluding hydrogens is 312 g/mol. The predicted molar refractivity (Wildman–Crippen MR) is 97.3 cm³/mol. The highest BCUT2D eigenvalue weighted by Crippen LogP contribution is 2.20. The second-order valence-electron chi connectivity index (χ2n) is 5.32. The van der Waals surface area contributed by atoms with Gasteiger partial charge in [0.2, 0.25) is 0 Å². The molecule has 0 heterocycles. The zero-order valence-corrected chi connectivity index (χ0v) is 14.5. The van der Waals surface area contributed by atoms with Gasteiger partial charge in [0, 0.05) is 50.7 Å². The average molecular weight is 333 g/mol. The minimum atomic E-state index is 0.496. The monoisotopic (exact) mass is 332 g/mol. The average Bonchev–Trinajstić information content (AvgIpc) is 2.55. The number of hydrogen-bond donors (Lipinski definition) is 0. The number of benzene rings is 2. The summed E-state index contributed by atoms with van der Waals surface area (Å²) in [5, 5.41) is 0.496. The molecule has 0 saturated heterocycles. The highest BCUT2D eigenvalue weighted by molar-refractivity contribution is 6.33. The van der Waals surface area contributed by atoms with Crippen molar-refractivity contribution >= 4 is 35.5 Å². The Kier molecular flexibility index (Phi) is 7.29. The minimum Gasteiger partial charge on any atom is -0.378 e. The van der Waals surface area contributed by atoms with Crippen molar-refractivity contribution in [1.29, 1.82) is 0 Å². The Morgan fingerprint density at radius 2 is 1.30 bits per heavy atom. The maximum Gasteiger partial charge on any atom is 0.151 e. The normalized spacial score (nSPS) is 9.43. The van der Waals surface area contributed by atoms with E-state index in [2.05, 4.69) is 0 Å². The van der Waals surface area contributed by atoms with Crippen LogP contribution in [0.1, 0.15) is 20.7 Å². The van der Waals surface area contributed by atoms with Crippen LogP contribution in [0.15, 0.2) is 42.5 Å². The summed E-state index contributed by atoms with van der Waals surface area (Å²) in [5.74, 6) is 0. The van der Waals surface area contributed by atoms with Gasteiger partial charge in [0.05, 0.1) is 5.02 Å². The zero-order valence-electron chi connectivity index (χ0n) is 13.8. The first-order chi connectivity index (χ1) is 10.9. The van der Waals surface area contributed by atoms with E-state index in [9.17, 15) is 9.59 Å². The van der Waals surface area contributed by atoms with E-state index in [1.165, 1.54) is 0 Å². The molecule has 0 atom stereocenters. The number of hydrogen-bond acceptors (Lipinski definition) is 4. The van der Waals surface area contributed by atoms with Crippen molar-refractivity contribution in [2.24, 2.45) is 0 Å². The lowest BCUT2D eigenvalue weighted by atomic mass is 10.2. The van der Waals surface area contributed by atoms with Gasteiger partial charge in [-0.15, -0.1) is 0 Å². The van der Waals surface area contributed by atoms with Crippen molar-refractivity contribution in [1.82, 2.24) is 0 Å². The van der Waals surface area contributed by atoms with Crippen LogP contribution in [-0.2, 0) is 0 Å². The number of halogens is 1. The van der Waals surface area contributed by atoms with E-state index in [0.717, 1.165) is 29.5 Å². The molecule has 0 bridgehead atoms. The summed E-state index contributed by atoms with van der Waals surface area (Å²) in [4.78, 5) is 24.6. The SMILES string of the molecule is CN(C)c1ccc(C=O)c(Cl)c1.CN(C)c1ccc(C=O)cc1. The molecule has 0 N–H and O–H groups in total. The van der Waals surface area contributed by atoms with E-state index in [0.29, 0.717) is 10.6 Å². The Hall–Kier alpha value is -2.33. The molecule has 2 aromatic rings. The largest absolute Gasteiger partial charge is 0.378 e. The fourth-order valence-electron chi connectivity index (χ4n) is 1.74. The summed E-state index contributed by atoms with van der Waals surface area (Å²) >= 11 is 5.82. The van der Waals surface area contributed by atoms with Crippen molar-refractivity contribution in [3.8, 4) is 0 Å². The molecular formula is C18H21ClN2O2. The van der Waals surface area contributed by atoms with Gasteiger partial charge in [0.25, 0.3) is 0 Å². The molecule has 122 valence electrons. The van der Waals surface area contributed by atoms with Crippen molar-refractivity contribution in [2.45, 2.75) is 0 Å².